The van der Waals surface area contributed by atoms with Crippen molar-refractivity contribution in [3.63, 3.8) is 0 Å². The smallest absolute Gasteiger partial charge is 0.342 e. The Morgan fingerprint density at radius 2 is 2.32 bits per heavy atom. The van der Waals surface area contributed by atoms with Gasteiger partial charge < -0.3 is 9.84 Å². The average Bonchev–Trinajstić information content (AvgIpc) is 2.87. The summed E-state index contributed by atoms with van der Waals surface area (Å²) in [6.45, 7) is 2.10. The molecule has 6 heteroatoms. The highest BCUT2D eigenvalue weighted by Crippen LogP contribution is 2.22. The summed E-state index contributed by atoms with van der Waals surface area (Å²) in [6, 6.07) is 4.23. The van der Waals surface area contributed by atoms with Crippen LogP contribution in [0.2, 0.25) is 5.02 Å². The first-order chi connectivity index (χ1) is 9.10. The third kappa shape index (κ3) is 3.45. The van der Waals surface area contributed by atoms with Crippen LogP contribution in [0, 0.1) is 0 Å². The number of ether oxygens (including phenoxy) is 1. The summed E-state index contributed by atoms with van der Waals surface area (Å²) in [5, 5.41) is 12.6. The van der Waals surface area contributed by atoms with Crippen molar-refractivity contribution in [2.45, 2.75) is 20.0 Å². The zero-order valence-corrected chi connectivity index (χ0v) is 11.8. The second kappa shape index (κ2) is 6.04. The number of aromatic hydroxyl groups is 1. The fourth-order valence-electron chi connectivity index (χ4n) is 1.45. The fraction of sp³-hybridized carbons (Fsp3) is 0.231. The second-order valence-corrected chi connectivity index (χ2v) is 5.20. The number of nitrogens with zero attached hydrogens (tertiary/aromatic N) is 1. The van der Waals surface area contributed by atoms with Crippen molar-refractivity contribution >= 4 is 28.9 Å². The van der Waals surface area contributed by atoms with Crippen LogP contribution in [0.4, 0.5) is 0 Å². The number of halogens is 1. The van der Waals surface area contributed by atoms with Crippen LogP contribution in [0.1, 0.15) is 28.0 Å². The maximum absolute atomic E-state index is 11.8. The summed E-state index contributed by atoms with van der Waals surface area (Å²) in [6.07, 6.45) is 0.847. The van der Waals surface area contributed by atoms with E-state index in [1.54, 1.807) is 0 Å². The van der Waals surface area contributed by atoms with Gasteiger partial charge >= 0.3 is 5.97 Å². The van der Waals surface area contributed by atoms with E-state index in [1.165, 1.54) is 29.5 Å². The van der Waals surface area contributed by atoms with Crippen molar-refractivity contribution in [1.82, 2.24) is 4.98 Å². The standard InChI is InChI=1S/C13H12ClNO3S/c1-2-9-7-19-12(15-9)6-18-13(17)10-5-8(14)3-4-11(10)16/h3-5,7,16H,2,6H2,1H3. The van der Waals surface area contributed by atoms with Crippen molar-refractivity contribution in [1.29, 1.82) is 0 Å². The summed E-state index contributed by atoms with van der Waals surface area (Å²) >= 11 is 7.21. The van der Waals surface area contributed by atoms with Crippen LogP contribution in [-0.4, -0.2) is 16.1 Å². The average molecular weight is 298 g/mol. The van der Waals surface area contributed by atoms with Crippen LogP contribution in [0.15, 0.2) is 23.6 Å². The largest absolute Gasteiger partial charge is 0.507 e. The highest BCUT2D eigenvalue weighted by molar-refractivity contribution is 7.09. The molecule has 0 atom stereocenters. The Kier molecular flexibility index (Phi) is 4.39. The fourth-order valence-corrected chi connectivity index (χ4v) is 2.41. The second-order valence-electron chi connectivity index (χ2n) is 3.82. The van der Waals surface area contributed by atoms with Gasteiger partial charge in [-0.3, -0.25) is 0 Å². The lowest BCUT2D eigenvalue weighted by atomic mass is 10.2. The lowest BCUT2D eigenvalue weighted by Crippen LogP contribution is -2.05. The van der Waals surface area contributed by atoms with Gasteiger partial charge in [-0.2, -0.15) is 0 Å². The number of carbonyl (C=O) groups excluding carboxylic acids is 1. The Morgan fingerprint density at radius 3 is 3.00 bits per heavy atom. The normalized spacial score (nSPS) is 10.4. The van der Waals surface area contributed by atoms with Crippen LogP contribution >= 0.6 is 22.9 Å². The maximum Gasteiger partial charge on any atom is 0.342 e. The highest BCUT2D eigenvalue weighted by Gasteiger charge is 2.14. The molecular formula is C13H12ClNO3S. The lowest BCUT2D eigenvalue weighted by Gasteiger charge is -2.05. The van der Waals surface area contributed by atoms with Gasteiger partial charge in [0.15, 0.2) is 0 Å². The minimum absolute atomic E-state index is 0.0553. The Labute approximate surface area is 119 Å². The van der Waals surface area contributed by atoms with Gasteiger partial charge in [-0.1, -0.05) is 18.5 Å². The van der Waals surface area contributed by atoms with E-state index in [0.717, 1.165) is 17.1 Å². The minimum atomic E-state index is -0.617. The number of aromatic nitrogens is 1. The summed E-state index contributed by atoms with van der Waals surface area (Å²) in [5.74, 6) is -0.768. The molecular weight excluding hydrogens is 286 g/mol. The van der Waals surface area contributed by atoms with Crippen LogP contribution in [0.25, 0.3) is 0 Å². The van der Waals surface area contributed by atoms with Crippen molar-refractivity contribution in [3.8, 4) is 5.75 Å². The number of thiazole rings is 1. The molecule has 4 nitrogen and oxygen atoms in total. The number of aryl methyl sites for hydroxylation is 1. The molecule has 0 saturated carbocycles. The van der Waals surface area contributed by atoms with Gasteiger partial charge in [0.05, 0.1) is 5.69 Å². The molecule has 1 N–H and O–H groups in total. The van der Waals surface area contributed by atoms with Gasteiger partial charge in [0.1, 0.15) is 22.9 Å². The molecule has 2 rings (SSSR count). The van der Waals surface area contributed by atoms with E-state index >= 15 is 0 Å². The van der Waals surface area contributed by atoms with E-state index in [2.05, 4.69) is 4.98 Å². The molecule has 0 unspecified atom stereocenters. The number of phenols is 1. The predicted molar refractivity (Wildman–Crippen MR) is 73.7 cm³/mol. The monoisotopic (exact) mass is 297 g/mol. The number of hydrogen-bond acceptors (Lipinski definition) is 5. The molecule has 100 valence electrons. The summed E-state index contributed by atoms with van der Waals surface area (Å²) in [7, 11) is 0. The molecule has 0 saturated heterocycles. The number of esters is 1. The highest BCUT2D eigenvalue weighted by atomic mass is 35.5. The summed E-state index contributed by atoms with van der Waals surface area (Å²) < 4.78 is 5.10. The van der Waals surface area contributed by atoms with Gasteiger partial charge in [0.25, 0.3) is 0 Å². The van der Waals surface area contributed by atoms with Crippen LogP contribution in [-0.2, 0) is 17.8 Å². The number of hydrogen-bond donors (Lipinski definition) is 1. The zero-order valence-electron chi connectivity index (χ0n) is 10.2. The molecule has 19 heavy (non-hydrogen) atoms. The first-order valence-corrected chi connectivity index (χ1v) is 6.95. The molecule has 0 aliphatic carbocycles. The van der Waals surface area contributed by atoms with E-state index in [-0.39, 0.29) is 17.9 Å². The molecule has 0 fully saturated rings. The molecule has 0 bridgehead atoms. The zero-order chi connectivity index (χ0) is 13.8. The molecule has 2 aromatic rings. The Balaban J connectivity index is 2.03. The molecule has 0 radical (unpaired) electrons. The minimum Gasteiger partial charge on any atom is -0.507 e. The topological polar surface area (TPSA) is 59.4 Å². The van der Waals surface area contributed by atoms with Gasteiger partial charge in [0, 0.05) is 10.4 Å². The Bertz CT molecular complexity index is 597. The van der Waals surface area contributed by atoms with Gasteiger partial charge in [0.2, 0.25) is 0 Å². The predicted octanol–water partition coefficient (Wildman–Crippen LogP) is 3.42. The number of benzene rings is 1. The van der Waals surface area contributed by atoms with Gasteiger partial charge in [-0.05, 0) is 24.6 Å². The first-order valence-electron chi connectivity index (χ1n) is 5.69. The number of phenolic OH excluding ortho intramolecular Hbond substituents is 1. The Hall–Kier alpha value is -1.59. The van der Waals surface area contributed by atoms with Gasteiger partial charge in [-0.25, -0.2) is 9.78 Å². The van der Waals surface area contributed by atoms with E-state index < -0.39 is 5.97 Å². The third-order valence-electron chi connectivity index (χ3n) is 2.47. The molecule has 0 aliphatic heterocycles. The van der Waals surface area contributed by atoms with Crippen molar-refractivity contribution in [2.24, 2.45) is 0 Å². The van der Waals surface area contributed by atoms with Gasteiger partial charge in [-0.15, -0.1) is 11.3 Å². The van der Waals surface area contributed by atoms with Crippen LogP contribution in [0.5, 0.6) is 5.75 Å². The Morgan fingerprint density at radius 1 is 1.53 bits per heavy atom. The number of rotatable bonds is 4. The van der Waals surface area contributed by atoms with E-state index in [4.69, 9.17) is 16.3 Å². The maximum atomic E-state index is 11.8. The van der Waals surface area contributed by atoms with Crippen molar-refractivity contribution in [2.75, 3.05) is 0 Å². The third-order valence-corrected chi connectivity index (χ3v) is 3.57. The van der Waals surface area contributed by atoms with E-state index in [0.29, 0.717) is 5.02 Å². The van der Waals surface area contributed by atoms with Crippen LogP contribution < -0.4 is 0 Å². The summed E-state index contributed by atoms with van der Waals surface area (Å²) in [5.41, 5.74) is 1.03. The lowest BCUT2D eigenvalue weighted by molar-refractivity contribution is 0.0469. The van der Waals surface area contributed by atoms with E-state index in [1.807, 2.05) is 12.3 Å². The van der Waals surface area contributed by atoms with Crippen LogP contribution in [0.3, 0.4) is 0 Å². The molecule has 0 aliphatic rings. The molecule has 0 amide bonds. The van der Waals surface area contributed by atoms with E-state index in [9.17, 15) is 9.90 Å². The molecule has 1 aromatic carbocycles. The van der Waals surface area contributed by atoms with Crippen molar-refractivity contribution in [3.05, 3.63) is 44.9 Å². The SMILES string of the molecule is CCc1csc(COC(=O)c2cc(Cl)ccc2O)n1. The molecule has 0 spiro atoms. The summed E-state index contributed by atoms with van der Waals surface area (Å²) in [4.78, 5) is 16.1. The first kappa shape index (κ1) is 13.8. The quantitative estimate of drug-likeness (QED) is 0.879. The van der Waals surface area contributed by atoms with Crippen molar-refractivity contribution < 1.29 is 14.6 Å². The molecule has 1 heterocycles. The molecule has 1 aromatic heterocycles. The number of carbonyl (C=O) groups is 1.